The van der Waals surface area contributed by atoms with Gasteiger partial charge in [-0.2, -0.15) is 0 Å². The van der Waals surface area contributed by atoms with Crippen molar-refractivity contribution in [1.82, 2.24) is 0 Å². The molecule has 2 unspecified atom stereocenters. The molecule has 1 rings (SSSR count). The van der Waals surface area contributed by atoms with E-state index >= 15 is 0 Å². The van der Waals surface area contributed by atoms with Crippen LogP contribution in [0.25, 0.3) is 0 Å². The molecule has 4 heteroatoms. The van der Waals surface area contributed by atoms with Gasteiger partial charge >= 0.3 is 11.9 Å². The second-order valence-electron chi connectivity index (χ2n) is 3.66. The second kappa shape index (κ2) is 4.96. The molecule has 0 heterocycles. The predicted octanol–water partition coefficient (Wildman–Crippen LogP) is 1.45. The van der Waals surface area contributed by atoms with Gasteiger partial charge in [-0.3, -0.25) is 9.59 Å². The van der Waals surface area contributed by atoms with Gasteiger partial charge < -0.3 is 9.47 Å². The Morgan fingerprint density at radius 3 is 2.40 bits per heavy atom. The van der Waals surface area contributed by atoms with Gasteiger partial charge in [-0.15, -0.1) is 0 Å². The monoisotopic (exact) mass is 212 g/mol. The molecule has 0 aromatic heterocycles. The first kappa shape index (κ1) is 11.8. The van der Waals surface area contributed by atoms with E-state index in [4.69, 9.17) is 4.74 Å². The summed E-state index contributed by atoms with van der Waals surface area (Å²) in [5.41, 5.74) is 1.02. The fraction of sp³-hybridized carbons (Fsp3) is 0.636. The average Bonchev–Trinajstić information content (AvgIpc) is 2.11. The van der Waals surface area contributed by atoms with E-state index in [2.05, 4.69) is 4.74 Å². The van der Waals surface area contributed by atoms with Gasteiger partial charge in [-0.05, 0) is 25.3 Å². The van der Waals surface area contributed by atoms with Crippen molar-refractivity contribution in [2.45, 2.75) is 32.8 Å². The van der Waals surface area contributed by atoms with Crippen molar-refractivity contribution in [3.8, 4) is 0 Å². The van der Waals surface area contributed by atoms with Crippen LogP contribution in [0.5, 0.6) is 0 Å². The van der Waals surface area contributed by atoms with Crippen molar-refractivity contribution in [2.75, 3.05) is 7.11 Å². The largest absolute Gasteiger partial charge is 0.469 e. The summed E-state index contributed by atoms with van der Waals surface area (Å²) in [6.45, 7) is 3.05. The molecule has 15 heavy (non-hydrogen) atoms. The van der Waals surface area contributed by atoms with Crippen LogP contribution >= 0.6 is 0 Å². The molecule has 1 aliphatic carbocycles. The highest BCUT2D eigenvalue weighted by Crippen LogP contribution is 2.28. The Hall–Kier alpha value is -1.32. The maximum Gasteiger partial charge on any atom is 0.312 e. The van der Waals surface area contributed by atoms with E-state index in [1.54, 1.807) is 6.92 Å². The molecule has 0 aromatic carbocycles. The Kier molecular flexibility index (Phi) is 3.88. The maximum atomic E-state index is 11.3. The van der Waals surface area contributed by atoms with Gasteiger partial charge in [0.25, 0.3) is 0 Å². The Balaban J connectivity index is 2.71. The molecule has 0 fully saturated rings. The van der Waals surface area contributed by atoms with Gasteiger partial charge in [0.15, 0.2) is 0 Å². The highest BCUT2D eigenvalue weighted by Gasteiger charge is 2.32. The van der Waals surface area contributed by atoms with Crippen LogP contribution in [0.15, 0.2) is 11.6 Å². The number of methoxy groups -OCH3 is 1. The van der Waals surface area contributed by atoms with Crippen LogP contribution in [-0.4, -0.2) is 25.2 Å². The quantitative estimate of drug-likeness (QED) is 0.522. The van der Waals surface area contributed by atoms with Crippen molar-refractivity contribution in [3.05, 3.63) is 11.6 Å². The molecule has 84 valence electrons. The number of esters is 2. The summed E-state index contributed by atoms with van der Waals surface area (Å²) in [5.74, 6) is -1.16. The fourth-order valence-electron chi connectivity index (χ4n) is 1.56. The highest BCUT2D eigenvalue weighted by molar-refractivity contribution is 5.74. The minimum atomic E-state index is -0.455. The zero-order valence-corrected chi connectivity index (χ0v) is 9.28. The van der Waals surface area contributed by atoms with Crippen molar-refractivity contribution in [2.24, 2.45) is 5.92 Å². The van der Waals surface area contributed by atoms with Gasteiger partial charge in [0.05, 0.1) is 13.0 Å². The second-order valence-corrected chi connectivity index (χ2v) is 3.66. The third kappa shape index (κ3) is 2.81. The molecular formula is C11H16O4. The van der Waals surface area contributed by atoms with Crippen LogP contribution in [0.2, 0.25) is 0 Å². The van der Waals surface area contributed by atoms with Gasteiger partial charge in [0.1, 0.15) is 6.10 Å². The Labute approximate surface area is 89.2 Å². The maximum absolute atomic E-state index is 11.3. The first-order chi connectivity index (χ1) is 7.06. The third-order valence-corrected chi connectivity index (χ3v) is 2.53. The lowest BCUT2D eigenvalue weighted by molar-refractivity contribution is -0.156. The van der Waals surface area contributed by atoms with E-state index in [9.17, 15) is 9.59 Å². The summed E-state index contributed by atoms with van der Waals surface area (Å²) >= 11 is 0. The van der Waals surface area contributed by atoms with E-state index in [1.165, 1.54) is 14.0 Å². The van der Waals surface area contributed by atoms with Gasteiger partial charge in [0.2, 0.25) is 0 Å². The zero-order valence-electron chi connectivity index (χ0n) is 9.28. The molecule has 4 nitrogen and oxygen atoms in total. The first-order valence-electron chi connectivity index (χ1n) is 5.00. The summed E-state index contributed by atoms with van der Waals surface area (Å²) in [4.78, 5) is 22.3. The molecule has 0 saturated carbocycles. The Morgan fingerprint density at radius 1 is 1.47 bits per heavy atom. The van der Waals surface area contributed by atoms with Crippen molar-refractivity contribution < 1.29 is 19.1 Å². The molecule has 0 aliphatic heterocycles. The Bertz CT molecular complexity index is 293. The lowest BCUT2D eigenvalue weighted by atomic mass is 9.87. The summed E-state index contributed by atoms with van der Waals surface area (Å²) in [5, 5.41) is 0. The molecule has 0 saturated heterocycles. The van der Waals surface area contributed by atoms with Crippen molar-refractivity contribution in [3.63, 3.8) is 0 Å². The van der Waals surface area contributed by atoms with Crippen molar-refractivity contribution >= 4 is 11.9 Å². The number of ether oxygens (including phenoxy) is 2. The van der Waals surface area contributed by atoms with Crippen LogP contribution in [0, 0.1) is 5.92 Å². The lowest BCUT2D eigenvalue weighted by Crippen LogP contribution is -2.34. The summed E-state index contributed by atoms with van der Waals surface area (Å²) < 4.78 is 9.77. The minimum absolute atomic E-state index is 0.353. The topological polar surface area (TPSA) is 52.6 Å². The van der Waals surface area contributed by atoms with Gasteiger partial charge in [0, 0.05) is 6.92 Å². The summed E-state index contributed by atoms with van der Waals surface area (Å²) in [7, 11) is 1.33. The van der Waals surface area contributed by atoms with Gasteiger partial charge in [-0.1, -0.05) is 6.08 Å². The minimum Gasteiger partial charge on any atom is -0.469 e. The molecule has 0 aromatic rings. The predicted molar refractivity (Wildman–Crippen MR) is 54.1 cm³/mol. The smallest absolute Gasteiger partial charge is 0.312 e. The van der Waals surface area contributed by atoms with E-state index in [0.29, 0.717) is 0 Å². The molecule has 0 amide bonds. The van der Waals surface area contributed by atoms with Crippen LogP contribution in [-0.2, 0) is 19.1 Å². The number of hydrogen-bond acceptors (Lipinski definition) is 4. The summed E-state index contributed by atoms with van der Waals surface area (Å²) in [6.07, 6.45) is 3.41. The fourth-order valence-corrected chi connectivity index (χ4v) is 1.56. The summed E-state index contributed by atoms with van der Waals surface area (Å²) in [6, 6.07) is 0. The Morgan fingerprint density at radius 2 is 2.07 bits per heavy atom. The third-order valence-electron chi connectivity index (χ3n) is 2.53. The van der Waals surface area contributed by atoms with Crippen LogP contribution in [0.3, 0.4) is 0 Å². The molecule has 2 atom stereocenters. The molecule has 0 radical (unpaired) electrons. The zero-order chi connectivity index (χ0) is 11.4. The van der Waals surface area contributed by atoms with E-state index < -0.39 is 12.0 Å². The van der Waals surface area contributed by atoms with Crippen LogP contribution < -0.4 is 0 Å². The lowest BCUT2D eigenvalue weighted by Gasteiger charge is -2.28. The molecular weight excluding hydrogens is 196 g/mol. The molecule has 0 N–H and O–H groups in total. The molecule has 1 aliphatic rings. The van der Waals surface area contributed by atoms with E-state index in [1.807, 2.05) is 6.08 Å². The molecule has 0 spiro atoms. The SMILES string of the molecule is COC(=O)C(C)C(OC(C)=O)C1=CCC1. The number of allylic oxidation sites excluding steroid dienone is 1. The van der Waals surface area contributed by atoms with E-state index in [-0.39, 0.29) is 11.9 Å². The standard InChI is InChI=1S/C11H16O4/c1-7(11(13)14-3)10(15-8(2)12)9-5-4-6-9/h5,7,10H,4,6H2,1-3H3. The number of carbonyl (C=O) groups is 2. The van der Waals surface area contributed by atoms with Crippen LogP contribution in [0.4, 0.5) is 0 Å². The number of rotatable bonds is 4. The van der Waals surface area contributed by atoms with Crippen molar-refractivity contribution in [1.29, 1.82) is 0 Å². The number of carbonyl (C=O) groups excluding carboxylic acids is 2. The van der Waals surface area contributed by atoms with E-state index in [0.717, 1.165) is 18.4 Å². The average molecular weight is 212 g/mol. The van der Waals surface area contributed by atoms with Crippen LogP contribution in [0.1, 0.15) is 26.7 Å². The first-order valence-corrected chi connectivity index (χ1v) is 5.00. The number of hydrogen-bond donors (Lipinski definition) is 0. The highest BCUT2D eigenvalue weighted by atomic mass is 16.6. The van der Waals surface area contributed by atoms with Gasteiger partial charge in [-0.25, -0.2) is 0 Å². The normalized spacial score (nSPS) is 18.2. The molecule has 0 bridgehead atoms.